The standard InChI is InChI=1S/C20H20N5O4/c21-19(27)15-11-13(12-16-18(15)23-20(28)29-16)1-2-17(26)25-9-7-24(8-10-25)14-3-5-22-6-4-14/h2-6,11-12H,1,7-10H2,(H2,21,27)(H,23,28). The van der Waals surface area contributed by atoms with Gasteiger partial charge in [-0.2, -0.15) is 0 Å². The van der Waals surface area contributed by atoms with Gasteiger partial charge in [-0.25, -0.2) is 4.79 Å². The molecule has 149 valence electrons. The monoisotopic (exact) mass is 394 g/mol. The molecule has 2 amide bonds. The van der Waals surface area contributed by atoms with Gasteiger partial charge < -0.3 is 20.0 Å². The Balaban J connectivity index is 1.39. The maximum Gasteiger partial charge on any atom is 0.417 e. The second-order valence-electron chi connectivity index (χ2n) is 6.82. The van der Waals surface area contributed by atoms with Crippen LogP contribution < -0.4 is 16.4 Å². The van der Waals surface area contributed by atoms with Gasteiger partial charge in [-0.15, -0.1) is 0 Å². The Labute approximate surface area is 166 Å². The second kappa shape index (κ2) is 7.78. The average molecular weight is 394 g/mol. The van der Waals surface area contributed by atoms with Crippen molar-refractivity contribution in [3.63, 3.8) is 0 Å². The molecule has 0 unspecified atom stereocenters. The lowest BCUT2D eigenvalue weighted by Crippen LogP contribution is -2.49. The highest BCUT2D eigenvalue weighted by atomic mass is 16.4. The van der Waals surface area contributed by atoms with Crippen LogP contribution in [0, 0.1) is 6.42 Å². The number of amides is 2. The van der Waals surface area contributed by atoms with Crippen LogP contribution in [0.4, 0.5) is 5.69 Å². The van der Waals surface area contributed by atoms with Crippen molar-refractivity contribution in [3.05, 3.63) is 64.8 Å². The van der Waals surface area contributed by atoms with Crippen molar-refractivity contribution in [1.82, 2.24) is 14.9 Å². The van der Waals surface area contributed by atoms with Gasteiger partial charge in [0.05, 0.1) is 17.5 Å². The number of anilines is 1. The molecular formula is C20H20N5O4. The van der Waals surface area contributed by atoms with E-state index in [1.807, 2.05) is 12.1 Å². The van der Waals surface area contributed by atoms with Gasteiger partial charge in [0.2, 0.25) is 5.91 Å². The second-order valence-corrected chi connectivity index (χ2v) is 6.82. The predicted octanol–water partition coefficient (Wildman–Crippen LogP) is 0.711. The lowest BCUT2D eigenvalue weighted by Gasteiger charge is -2.36. The third-order valence-corrected chi connectivity index (χ3v) is 4.99. The lowest BCUT2D eigenvalue weighted by molar-refractivity contribution is -0.127. The van der Waals surface area contributed by atoms with Gasteiger partial charge in [-0.05, 0) is 36.2 Å². The fourth-order valence-electron chi connectivity index (χ4n) is 3.50. The van der Waals surface area contributed by atoms with Crippen molar-refractivity contribution >= 4 is 28.6 Å². The minimum atomic E-state index is -0.674. The number of carbonyl (C=O) groups is 2. The van der Waals surface area contributed by atoms with E-state index in [0.29, 0.717) is 25.1 Å². The largest absolute Gasteiger partial charge is 0.417 e. The molecule has 3 heterocycles. The molecule has 1 aliphatic rings. The van der Waals surface area contributed by atoms with E-state index >= 15 is 0 Å². The summed E-state index contributed by atoms with van der Waals surface area (Å²) in [6, 6.07) is 7.11. The summed E-state index contributed by atoms with van der Waals surface area (Å²) in [6.07, 6.45) is 5.38. The Bertz CT molecular complexity index is 1100. The van der Waals surface area contributed by atoms with Crippen LogP contribution in [0.5, 0.6) is 0 Å². The third kappa shape index (κ3) is 3.98. The summed E-state index contributed by atoms with van der Waals surface area (Å²) in [4.78, 5) is 46.2. The number of oxazole rings is 1. The molecule has 1 aromatic carbocycles. The molecule has 1 fully saturated rings. The highest BCUT2D eigenvalue weighted by molar-refractivity contribution is 6.03. The van der Waals surface area contributed by atoms with Gasteiger partial charge in [-0.3, -0.25) is 19.6 Å². The lowest BCUT2D eigenvalue weighted by atomic mass is 10.0. The SMILES string of the molecule is NC(=O)c1cc(C[CH]C(=O)N2CCN(c3ccncc3)CC2)cc2oc(=O)[nH]c12. The quantitative estimate of drug-likeness (QED) is 0.656. The predicted molar refractivity (Wildman–Crippen MR) is 106 cm³/mol. The molecule has 29 heavy (non-hydrogen) atoms. The van der Waals surface area contributed by atoms with Crippen LogP contribution in [0.15, 0.2) is 45.9 Å². The van der Waals surface area contributed by atoms with Crippen molar-refractivity contribution in [3.8, 4) is 0 Å². The van der Waals surface area contributed by atoms with E-state index in [1.165, 1.54) is 0 Å². The number of carbonyl (C=O) groups excluding carboxylic acids is 2. The highest BCUT2D eigenvalue weighted by Crippen LogP contribution is 2.20. The first-order valence-electron chi connectivity index (χ1n) is 9.24. The summed E-state index contributed by atoms with van der Waals surface area (Å²) in [6.45, 7) is 2.73. The van der Waals surface area contributed by atoms with E-state index in [0.717, 1.165) is 18.8 Å². The Morgan fingerprint density at radius 2 is 1.90 bits per heavy atom. The smallest absolute Gasteiger partial charge is 0.408 e. The van der Waals surface area contributed by atoms with Crippen LogP contribution in [0.3, 0.4) is 0 Å². The fraction of sp³-hybridized carbons (Fsp3) is 0.250. The summed E-state index contributed by atoms with van der Waals surface area (Å²) in [7, 11) is 0. The summed E-state index contributed by atoms with van der Waals surface area (Å²) >= 11 is 0. The van der Waals surface area contributed by atoms with Gasteiger partial charge in [0.15, 0.2) is 5.58 Å². The molecule has 3 N–H and O–H groups in total. The normalized spacial score (nSPS) is 14.3. The van der Waals surface area contributed by atoms with Gasteiger partial charge in [-0.1, -0.05) is 0 Å². The van der Waals surface area contributed by atoms with Crippen molar-refractivity contribution in [1.29, 1.82) is 0 Å². The van der Waals surface area contributed by atoms with Crippen molar-refractivity contribution in [2.75, 3.05) is 31.1 Å². The Morgan fingerprint density at radius 1 is 1.17 bits per heavy atom. The van der Waals surface area contributed by atoms with Crippen LogP contribution in [-0.4, -0.2) is 52.9 Å². The maximum absolute atomic E-state index is 12.6. The number of pyridine rings is 1. The zero-order chi connectivity index (χ0) is 20.4. The van der Waals surface area contributed by atoms with Gasteiger partial charge in [0, 0.05) is 44.3 Å². The number of piperazine rings is 1. The molecule has 9 nitrogen and oxygen atoms in total. The van der Waals surface area contributed by atoms with Crippen LogP contribution in [0.1, 0.15) is 15.9 Å². The maximum atomic E-state index is 12.6. The number of H-pyrrole nitrogens is 1. The first-order valence-corrected chi connectivity index (χ1v) is 9.24. The molecule has 0 bridgehead atoms. The van der Waals surface area contributed by atoms with Crippen molar-refractivity contribution < 1.29 is 14.0 Å². The first-order chi connectivity index (χ1) is 14.0. The average Bonchev–Trinajstić information content (AvgIpc) is 3.12. The number of hydrogen-bond donors (Lipinski definition) is 2. The highest BCUT2D eigenvalue weighted by Gasteiger charge is 2.22. The number of nitrogens with one attached hydrogen (secondary N) is 1. The third-order valence-electron chi connectivity index (χ3n) is 4.99. The molecule has 4 rings (SSSR count). The van der Waals surface area contributed by atoms with E-state index in [1.54, 1.807) is 35.8 Å². The number of nitrogens with two attached hydrogens (primary N) is 1. The molecule has 9 heteroatoms. The van der Waals surface area contributed by atoms with Crippen molar-refractivity contribution in [2.45, 2.75) is 6.42 Å². The molecule has 0 aliphatic carbocycles. The number of nitrogens with zero attached hydrogens (tertiary/aromatic N) is 3. The van der Waals surface area contributed by atoms with Crippen molar-refractivity contribution in [2.24, 2.45) is 5.73 Å². The fourth-order valence-corrected chi connectivity index (χ4v) is 3.50. The van der Waals surface area contributed by atoms with Crippen LogP contribution in [0.2, 0.25) is 0 Å². The topological polar surface area (TPSA) is 126 Å². The number of benzene rings is 1. The zero-order valence-electron chi connectivity index (χ0n) is 15.6. The summed E-state index contributed by atoms with van der Waals surface area (Å²) < 4.78 is 5.04. The van der Waals surface area contributed by atoms with Crippen LogP contribution in [-0.2, 0) is 11.2 Å². The minimum Gasteiger partial charge on any atom is -0.408 e. The Morgan fingerprint density at radius 3 is 2.59 bits per heavy atom. The molecule has 0 spiro atoms. The molecule has 0 atom stereocenters. The number of aromatic amines is 1. The number of hydrogen-bond acceptors (Lipinski definition) is 6. The number of rotatable bonds is 5. The Hall–Kier alpha value is -3.62. The van der Waals surface area contributed by atoms with Gasteiger partial charge in [0.25, 0.3) is 5.91 Å². The zero-order valence-corrected chi connectivity index (χ0v) is 15.6. The molecule has 2 aromatic heterocycles. The molecule has 1 radical (unpaired) electrons. The van der Waals surface area contributed by atoms with E-state index in [-0.39, 0.29) is 22.6 Å². The van der Waals surface area contributed by atoms with Crippen LogP contribution >= 0.6 is 0 Å². The van der Waals surface area contributed by atoms with E-state index < -0.39 is 11.7 Å². The molecule has 3 aromatic rings. The Kier molecular flexibility index (Phi) is 5.03. The minimum absolute atomic E-state index is 0.0735. The first kappa shape index (κ1) is 18.7. The molecular weight excluding hydrogens is 374 g/mol. The van der Waals surface area contributed by atoms with Crippen LogP contribution in [0.25, 0.3) is 11.1 Å². The summed E-state index contributed by atoms with van der Waals surface area (Å²) in [5, 5.41) is 0. The number of aromatic nitrogens is 2. The van der Waals surface area contributed by atoms with E-state index in [9.17, 15) is 14.4 Å². The van der Waals surface area contributed by atoms with Gasteiger partial charge in [0.1, 0.15) is 0 Å². The molecule has 0 saturated carbocycles. The summed E-state index contributed by atoms with van der Waals surface area (Å²) in [5.74, 6) is -1.41. The van der Waals surface area contributed by atoms with E-state index in [4.69, 9.17) is 10.2 Å². The number of primary amides is 1. The number of fused-ring (bicyclic) bond motifs is 1. The summed E-state index contributed by atoms with van der Waals surface area (Å²) in [5.41, 5.74) is 7.83. The van der Waals surface area contributed by atoms with Gasteiger partial charge >= 0.3 is 5.76 Å². The molecule has 1 aliphatic heterocycles. The molecule has 1 saturated heterocycles. The van der Waals surface area contributed by atoms with E-state index in [2.05, 4.69) is 14.9 Å².